The van der Waals surface area contributed by atoms with Gasteiger partial charge in [0.15, 0.2) is 0 Å². The van der Waals surface area contributed by atoms with Crippen LogP contribution in [0.4, 0.5) is 0 Å². The van der Waals surface area contributed by atoms with Crippen LogP contribution in [-0.4, -0.2) is 12.0 Å². The number of thioether (sulfide) groups is 1. The highest BCUT2D eigenvalue weighted by Gasteiger charge is 1.98. The molecule has 0 aliphatic rings. The normalized spacial score (nSPS) is 10.0. The largest absolute Gasteiger partial charge is 0.303 e. The molecule has 0 unspecified atom stereocenters. The van der Waals surface area contributed by atoms with E-state index in [1.807, 2.05) is 0 Å². The maximum absolute atomic E-state index is 10.1. The number of aryl methyl sites for hydroxylation is 2. The van der Waals surface area contributed by atoms with E-state index in [4.69, 9.17) is 0 Å². The molecule has 0 heterocycles. The number of carbonyl (C=O) groups excluding carboxylic acids is 1. The molecule has 0 saturated carbocycles. The minimum Gasteiger partial charge on any atom is -0.303 e. The Hall–Kier alpha value is -0.760. The lowest BCUT2D eigenvalue weighted by Gasteiger charge is -2.04. The van der Waals surface area contributed by atoms with E-state index in [1.165, 1.54) is 16.0 Å². The number of carbonyl (C=O) groups is 1. The third-order valence-corrected chi connectivity index (χ3v) is 3.03. The second-order valence-electron chi connectivity index (χ2n) is 3.07. The first kappa shape index (κ1) is 10.3. The van der Waals surface area contributed by atoms with E-state index in [9.17, 15) is 4.79 Å². The van der Waals surface area contributed by atoms with Crippen LogP contribution < -0.4 is 0 Å². The van der Waals surface area contributed by atoms with Gasteiger partial charge in [-0.3, -0.25) is 0 Å². The van der Waals surface area contributed by atoms with Crippen LogP contribution in [0.3, 0.4) is 0 Å². The monoisotopic (exact) mass is 194 g/mol. The molecule has 0 N–H and O–H groups in total. The minimum absolute atomic E-state index is 0.637. The van der Waals surface area contributed by atoms with E-state index in [1.54, 1.807) is 11.8 Å². The fraction of sp³-hybridized carbons (Fsp3) is 0.364. The Labute approximate surface area is 83.5 Å². The lowest BCUT2D eigenvalue weighted by atomic mass is 10.2. The molecule has 13 heavy (non-hydrogen) atoms. The first-order valence-electron chi connectivity index (χ1n) is 4.37. The average molecular weight is 194 g/mol. The third-order valence-electron chi connectivity index (χ3n) is 1.84. The second-order valence-corrected chi connectivity index (χ2v) is 4.21. The summed E-state index contributed by atoms with van der Waals surface area (Å²) in [5.74, 6) is 0.883. The molecule has 0 amide bonds. The van der Waals surface area contributed by atoms with Gasteiger partial charge >= 0.3 is 0 Å². The zero-order valence-electron chi connectivity index (χ0n) is 8.04. The maximum Gasteiger partial charge on any atom is 0.120 e. The summed E-state index contributed by atoms with van der Waals surface area (Å²) in [7, 11) is 0. The summed E-state index contributed by atoms with van der Waals surface area (Å²) in [4.78, 5) is 11.4. The van der Waals surface area contributed by atoms with Gasteiger partial charge in [0.05, 0.1) is 0 Å². The quantitative estimate of drug-likeness (QED) is 0.416. The van der Waals surface area contributed by atoms with Gasteiger partial charge in [-0.1, -0.05) is 17.7 Å². The lowest BCUT2D eigenvalue weighted by molar-refractivity contribution is -0.107. The SMILES string of the molecule is Cc1ccc(C)c(SCCC=O)c1. The average Bonchev–Trinajstić information content (AvgIpc) is 2.11. The van der Waals surface area contributed by atoms with E-state index >= 15 is 0 Å². The van der Waals surface area contributed by atoms with Gasteiger partial charge in [0.2, 0.25) is 0 Å². The lowest BCUT2D eigenvalue weighted by Crippen LogP contribution is -1.85. The van der Waals surface area contributed by atoms with Gasteiger partial charge < -0.3 is 4.79 Å². The van der Waals surface area contributed by atoms with Gasteiger partial charge in [-0.05, 0) is 25.5 Å². The molecule has 0 aliphatic carbocycles. The van der Waals surface area contributed by atoms with Crippen LogP contribution >= 0.6 is 11.8 Å². The number of aldehydes is 1. The summed E-state index contributed by atoms with van der Waals surface area (Å²) >= 11 is 1.75. The van der Waals surface area contributed by atoms with Gasteiger partial charge in [-0.2, -0.15) is 0 Å². The molecule has 2 heteroatoms. The van der Waals surface area contributed by atoms with Gasteiger partial charge in [-0.15, -0.1) is 11.8 Å². The van der Waals surface area contributed by atoms with Crippen molar-refractivity contribution in [2.75, 3.05) is 5.75 Å². The van der Waals surface area contributed by atoms with Crippen molar-refractivity contribution >= 4 is 18.0 Å². The molecule has 0 atom stereocenters. The minimum atomic E-state index is 0.637. The highest BCUT2D eigenvalue weighted by Crippen LogP contribution is 2.23. The van der Waals surface area contributed by atoms with Crippen molar-refractivity contribution in [2.45, 2.75) is 25.2 Å². The molecule has 0 saturated heterocycles. The molecule has 0 bridgehead atoms. The van der Waals surface area contributed by atoms with E-state index in [0.29, 0.717) is 6.42 Å². The topological polar surface area (TPSA) is 17.1 Å². The summed E-state index contributed by atoms with van der Waals surface area (Å²) in [6, 6.07) is 6.41. The van der Waals surface area contributed by atoms with Crippen molar-refractivity contribution < 1.29 is 4.79 Å². The standard InChI is InChI=1S/C11H14OS/c1-9-4-5-10(2)11(8-9)13-7-3-6-12/h4-6,8H,3,7H2,1-2H3. The third kappa shape index (κ3) is 3.23. The Morgan fingerprint density at radius 3 is 2.85 bits per heavy atom. The Morgan fingerprint density at radius 1 is 1.38 bits per heavy atom. The molecule has 1 rings (SSSR count). The van der Waals surface area contributed by atoms with Crippen molar-refractivity contribution in [1.29, 1.82) is 0 Å². The van der Waals surface area contributed by atoms with Crippen LogP contribution in [0.2, 0.25) is 0 Å². The molecule has 0 aromatic heterocycles. The molecular weight excluding hydrogens is 180 g/mol. The van der Waals surface area contributed by atoms with E-state index in [0.717, 1.165) is 12.0 Å². The summed E-state index contributed by atoms with van der Waals surface area (Å²) in [6.45, 7) is 4.19. The molecular formula is C11H14OS. The van der Waals surface area contributed by atoms with Crippen molar-refractivity contribution in [3.63, 3.8) is 0 Å². The fourth-order valence-corrected chi connectivity index (χ4v) is 2.08. The van der Waals surface area contributed by atoms with E-state index in [-0.39, 0.29) is 0 Å². The predicted molar refractivity (Wildman–Crippen MR) is 57.3 cm³/mol. The van der Waals surface area contributed by atoms with Crippen LogP contribution in [0, 0.1) is 13.8 Å². The Bertz CT molecular complexity index is 294. The Kier molecular flexibility index (Phi) is 4.03. The molecule has 70 valence electrons. The molecule has 1 nitrogen and oxygen atoms in total. The molecule has 0 spiro atoms. The van der Waals surface area contributed by atoms with Crippen LogP contribution in [0.15, 0.2) is 23.1 Å². The molecule has 0 aliphatic heterocycles. The highest BCUT2D eigenvalue weighted by atomic mass is 32.2. The van der Waals surface area contributed by atoms with Crippen molar-refractivity contribution in [1.82, 2.24) is 0 Å². The number of rotatable bonds is 4. The smallest absolute Gasteiger partial charge is 0.120 e. The molecule has 1 aromatic rings. The first-order valence-corrected chi connectivity index (χ1v) is 5.36. The summed E-state index contributed by atoms with van der Waals surface area (Å²) in [6.07, 6.45) is 1.61. The first-order chi connectivity index (χ1) is 6.24. The molecule has 1 aromatic carbocycles. The van der Waals surface area contributed by atoms with Crippen molar-refractivity contribution in [3.05, 3.63) is 29.3 Å². The summed E-state index contributed by atoms with van der Waals surface area (Å²) in [5.41, 5.74) is 2.57. The van der Waals surface area contributed by atoms with E-state index < -0.39 is 0 Å². The predicted octanol–water partition coefficient (Wildman–Crippen LogP) is 2.98. The van der Waals surface area contributed by atoms with Crippen molar-refractivity contribution in [3.8, 4) is 0 Å². The highest BCUT2D eigenvalue weighted by molar-refractivity contribution is 7.99. The number of hydrogen-bond acceptors (Lipinski definition) is 2. The second kappa shape index (κ2) is 5.07. The fourth-order valence-electron chi connectivity index (χ4n) is 1.08. The Balaban J connectivity index is 2.64. The van der Waals surface area contributed by atoms with Crippen LogP contribution in [0.5, 0.6) is 0 Å². The van der Waals surface area contributed by atoms with Gasteiger partial charge in [0, 0.05) is 17.1 Å². The Morgan fingerprint density at radius 2 is 2.15 bits per heavy atom. The molecule has 0 fully saturated rings. The number of hydrogen-bond donors (Lipinski definition) is 0. The van der Waals surface area contributed by atoms with Crippen LogP contribution in [0.25, 0.3) is 0 Å². The van der Waals surface area contributed by atoms with Crippen LogP contribution in [-0.2, 0) is 4.79 Å². The van der Waals surface area contributed by atoms with Crippen molar-refractivity contribution in [2.24, 2.45) is 0 Å². The maximum atomic E-state index is 10.1. The summed E-state index contributed by atoms with van der Waals surface area (Å²) < 4.78 is 0. The zero-order chi connectivity index (χ0) is 9.68. The van der Waals surface area contributed by atoms with Gasteiger partial charge in [0.25, 0.3) is 0 Å². The van der Waals surface area contributed by atoms with E-state index in [2.05, 4.69) is 32.0 Å². The molecule has 0 radical (unpaired) electrons. The zero-order valence-corrected chi connectivity index (χ0v) is 8.86. The van der Waals surface area contributed by atoms with Gasteiger partial charge in [0.1, 0.15) is 6.29 Å². The van der Waals surface area contributed by atoms with Gasteiger partial charge in [-0.25, -0.2) is 0 Å². The van der Waals surface area contributed by atoms with Crippen LogP contribution in [0.1, 0.15) is 17.5 Å². The summed E-state index contributed by atoms with van der Waals surface area (Å²) in [5, 5.41) is 0. The number of benzene rings is 1.